The predicted octanol–water partition coefficient (Wildman–Crippen LogP) is 4.21. The number of aryl methyl sites for hydroxylation is 1. The molecule has 28 heavy (non-hydrogen) atoms. The first kappa shape index (κ1) is 19.6. The average Bonchev–Trinajstić information content (AvgIpc) is 2.68. The summed E-state index contributed by atoms with van der Waals surface area (Å²) < 4.78 is 0. The summed E-state index contributed by atoms with van der Waals surface area (Å²) in [5, 5.41) is 12.2. The molecule has 1 amide bonds. The van der Waals surface area contributed by atoms with Gasteiger partial charge < -0.3 is 10.2 Å². The first-order valence-electron chi connectivity index (χ1n) is 9.51. The summed E-state index contributed by atoms with van der Waals surface area (Å²) in [6, 6.07) is 13.8. The third-order valence-electron chi connectivity index (χ3n) is 5.24. The molecule has 1 aromatic heterocycles. The van der Waals surface area contributed by atoms with Crippen molar-refractivity contribution >= 4 is 17.4 Å². The van der Waals surface area contributed by atoms with E-state index in [1.54, 1.807) is 6.20 Å². The van der Waals surface area contributed by atoms with Crippen molar-refractivity contribution in [2.45, 2.75) is 33.1 Å². The van der Waals surface area contributed by atoms with Crippen LogP contribution in [-0.4, -0.2) is 24.0 Å². The number of hydrogen-bond donors (Lipinski definition) is 1. The number of nitrogens with zero attached hydrogens (tertiary/aromatic N) is 3. The van der Waals surface area contributed by atoms with Crippen LogP contribution in [0.25, 0.3) is 0 Å². The molecule has 1 aromatic carbocycles. The van der Waals surface area contributed by atoms with Crippen LogP contribution in [0.1, 0.15) is 31.9 Å². The molecular formula is C23H26N4O. The number of pyridine rings is 1. The second-order valence-electron chi connectivity index (χ2n) is 7.88. The predicted molar refractivity (Wildman–Crippen MR) is 112 cm³/mol. The van der Waals surface area contributed by atoms with Crippen LogP contribution in [0, 0.1) is 24.2 Å². The lowest BCUT2D eigenvalue weighted by Crippen LogP contribution is -2.37. The van der Waals surface area contributed by atoms with Crippen LogP contribution in [0.4, 0.5) is 11.5 Å². The number of rotatable bonds is 4. The number of hydrogen-bond acceptors (Lipinski definition) is 4. The summed E-state index contributed by atoms with van der Waals surface area (Å²) >= 11 is 0. The van der Waals surface area contributed by atoms with E-state index in [1.807, 2.05) is 50.3 Å². The molecule has 0 saturated heterocycles. The van der Waals surface area contributed by atoms with Crippen LogP contribution < -0.4 is 10.2 Å². The molecule has 5 heteroatoms. The lowest BCUT2D eigenvalue weighted by atomic mass is 9.86. The third kappa shape index (κ3) is 4.07. The Morgan fingerprint density at radius 1 is 1.29 bits per heavy atom. The van der Waals surface area contributed by atoms with Gasteiger partial charge >= 0.3 is 0 Å². The Morgan fingerprint density at radius 3 is 2.61 bits per heavy atom. The van der Waals surface area contributed by atoms with Crippen molar-refractivity contribution in [2.75, 3.05) is 23.3 Å². The maximum absolute atomic E-state index is 12.8. The molecule has 0 aliphatic carbocycles. The van der Waals surface area contributed by atoms with Crippen LogP contribution in [0.15, 0.2) is 54.2 Å². The number of carbonyl (C=O) groups excluding carboxylic acids is 1. The summed E-state index contributed by atoms with van der Waals surface area (Å²) in [5.74, 6) is 1.00. The SMILES string of the molecule is Cc1cccnc1N1CC=C(C(=O)Nc2ccc(C(C)(C)C#N)cc2)[C@@H](C)C1. The highest BCUT2D eigenvalue weighted by Gasteiger charge is 2.25. The fourth-order valence-electron chi connectivity index (χ4n) is 3.45. The molecule has 0 saturated carbocycles. The van der Waals surface area contributed by atoms with E-state index in [0.717, 1.165) is 34.8 Å². The first-order chi connectivity index (χ1) is 13.3. The van der Waals surface area contributed by atoms with Crippen LogP contribution >= 0.6 is 0 Å². The standard InChI is InChI=1S/C23H26N4O/c1-16-6-5-12-25-21(16)27-13-11-20(17(2)14-27)22(28)26-19-9-7-18(8-10-19)23(3,4)15-24/h5-12,17H,13-14H2,1-4H3,(H,26,28)/t17-/m0/s1. The minimum absolute atomic E-state index is 0.0720. The molecule has 1 N–H and O–H groups in total. The van der Waals surface area contributed by atoms with Crippen molar-refractivity contribution in [3.8, 4) is 6.07 Å². The average molecular weight is 374 g/mol. The largest absolute Gasteiger partial charge is 0.352 e. The molecule has 1 atom stereocenters. The molecule has 1 aliphatic heterocycles. The smallest absolute Gasteiger partial charge is 0.251 e. The third-order valence-corrected chi connectivity index (χ3v) is 5.24. The number of nitrogens with one attached hydrogen (secondary N) is 1. The zero-order chi connectivity index (χ0) is 20.3. The number of amides is 1. The summed E-state index contributed by atoms with van der Waals surface area (Å²) in [6.45, 7) is 9.30. The molecule has 0 radical (unpaired) electrons. The minimum Gasteiger partial charge on any atom is -0.352 e. The Morgan fingerprint density at radius 2 is 2.00 bits per heavy atom. The molecule has 3 rings (SSSR count). The topological polar surface area (TPSA) is 69.0 Å². The van der Waals surface area contributed by atoms with E-state index in [1.165, 1.54) is 0 Å². The molecular weight excluding hydrogens is 348 g/mol. The van der Waals surface area contributed by atoms with E-state index in [4.69, 9.17) is 0 Å². The monoisotopic (exact) mass is 374 g/mol. The van der Waals surface area contributed by atoms with Gasteiger partial charge in [0.05, 0.1) is 11.5 Å². The van der Waals surface area contributed by atoms with Crippen molar-refractivity contribution in [1.29, 1.82) is 5.26 Å². The second-order valence-corrected chi connectivity index (χ2v) is 7.88. The molecule has 144 valence electrons. The zero-order valence-electron chi connectivity index (χ0n) is 16.9. The van der Waals surface area contributed by atoms with Crippen molar-refractivity contribution in [1.82, 2.24) is 4.98 Å². The van der Waals surface area contributed by atoms with E-state index in [0.29, 0.717) is 6.54 Å². The van der Waals surface area contributed by atoms with Gasteiger partial charge in [0, 0.05) is 36.5 Å². The van der Waals surface area contributed by atoms with Gasteiger partial charge in [0.15, 0.2) is 0 Å². The molecule has 5 nitrogen and oxygen atoms in total. The van der Waals surface area contributed by atoms with Gasteiger partial charge in [-0.3, -0.25) is 4.79 Å². The van der Waals surface area contributed by atoms with Gasteiger partial charge in [0.2, 0.25) is 0 Å². The molecule has 2 heterocycles. The van der Waals surface area contributed by atoms with E-state index in [9.17, 15) is 10.1 Å². The van der Waals surface area contributed by atoms with Crippen molar-refractivity contribution < 1.29 is 4.79 Å². The molecule has 2 aromatic rings. The normalized spacial score (nSPS) is 16.9. The van der Waals surface area contributed by atoms with E-state index in [2.05, 4.69) is 41.2 Å². The summed E-state index contributed by atoms with van der Waals surface area (Å²) in [4.78, 5) is 19.4. The number of nitriles is 1. The zero-order valence-corrected chi connectivity index (χ0v) is 16.9. The highest BCUT2D eigenvalue weighted by atomic mass is 16.1. The lowest BCUT2D eigenvalue weighted by Gasteiger charge is -2.32. The van der Waals surface area contributed by atoms with Crippen molar-refractivity contribution in [3.63, 3.8) is 0 Å². The molecule has 0 fully saturated rings. The Hall–Kier alpha value is -3.13. The number of benzene rings is 1. The number of anilines is 2. The summed E-state index contributed by atoms with van der Waals surface area (Å²) in [5.41, 5.74) is 3.05. The Kier molecular flexibility index (Phi) is 5.51. The van der Waals surface area contributed by atoms with Crippen molar-refractivity contribution in [2.24, 2.45) is 5.92 Å². The fraction of sp³-hybridized carbons (Fsp3) is 0.348. The summed E-state index contributed by atoms with van der Waals surface area (Å²) in [6.07, 6.45) is 3.79. The molecule has 1 aliphatic rings. The molecule has 0 bridgehead atoms. The van der Waals surface area contributed by atoms with E-state index in [-0.39, 0.29) is 11.8 Å². The van der Waals surface area contributed by atoms with Gasteiger partial charge in [-0.15, -0.1) is 0 Å². The van der Waals surface area contributed by atoms with Crippen LogP contribution in [0.2, 0.25) is 0 Å². The van der Waals surface area contributed by atoms with Crippen LogP contribution in [-0.2, 0) is 10.2 Å². The minimum atomic E-state index is -0.546. The number of carbonyl (C=O) groups is 1. The van der Waals surface area contributed by atoms with Crippen molar-refractivity contribution in [3.05, 3.63) is 65.4 Å². The van der Waals surface area contributed by atoms with Gasteiger partial charge in [-0.1, -0.05) is 31.2 Å². The van der Waals surface area contributed by atoms with Gasteiger partial charge in [-0.2, -0.15) is 5.26 Å². The van der Waals surface area contributed by atoms with E-state index >= 15 is 0 Å². The highest BCUT2D eigenvalue weighted by molar-refractivity contribution is 6.04. The Balaban J connectivity index is 1.70. The Labute approximate surface area is 166 Å². The van der Waals surface area contributed by atoms with Gasteiger partial charge in [0.1, 0.15) is 5.82 Å². The first-order valence-corrected chi connectivity index (χ1v) is 9.51. The fourth-order valence-corrected chi connectivity index (χ4v) is 3.45. The van der Waals surface area contributed by atoms with Crippen LogP contribution in [0.3, 0.4) is 0 Å². The van der Waals surface area contributed by atoms with Crippen LogP contribution in [0.5, 0.6) is 0 Å². The van der Waals surface area contributed by atoms with Gasteiger partial charge in [0.25, 0.3) is 5.91 Å². The van der Waals surface area contributed by atoms with Gasteiger partial charge in [-0.25, -0.2) is 4.98 Å². The summed E-state index contributed by atoms with van der Waals surface area (Å²) in [7, 11) is 0. The highest BCUT2D eigenvalue weighted by Crippen LogP contribution is 2.26. The van der Waals surface area contributed by atoms with E-state index < -0.39 is 5.41 Å². The quantitative estimate of drug-likeness (QED) is 0.870. The maximum atomic E-state index is 12.8. The molecule has 0 spiro atoms. The number of aromatic nitrogens is 1. The second kappa shape index (κ2) is 7.85. The maximum Gasteiger partial charge on any atom is 0.251 e. The lowest BCUT2D eigenvalue weighted by molar-refractivity contribution is -0.113. The van der Waals surface area contributed by atoms with Gasteiger partial charge in [-0.05, 0) is 50.1 Å². The molecule has 0 unspecified atom stereocenters. The Bertz CT molecular complexity index is 938.